The Morgan fingerprint density at radius 2 is 2.18 bits per heavy atom. The van der Waals surface area contributed by atoms with Crippen molar-refractivity contribution in [1.29, 1.82) is 0 Å². The number of hydrogen-bond donors (Lipinski definition) is 0. The van der Waals surface area contributed by atoms with Gasteiger partial charge in [0.25, 0.3) is 0 Å². The van der Waals surface area contributed by atoms with Crippen molar-refractivity contribution in [1.82, 2.24) is 9.78 Å². The minimum absolute atomic E-state index is 0.0609. The van der Waals surface area contributed by atoms with Crippen LogP contribution in [0.2, 0.25) is 0 Å². The molecule has 0 aliphatic carbocycles. The predicted molar refractivity (Wildman–Crippen MR) is 91.7 cm³/mol. The standard InChI is InChI=1S/C16H19N3OS2/c1-10-9-11(2)19-14(3-6-17-19)18(10)16(20)15-12-4-7-21-13(12)5-8-22-15/h3-4,6-7,10-11,15H,5,8-9H2,1-2H3/t10-,11-,15-/m1/s1. The smallest absolute Gasteiger partial charge is 0.246 e. The topological polar surface area (TPSA) is 38.1 Å². The van der Waals surface area contributed by atoms with Crippen molar-refractivity contribution in [3.63, 3.8) is 0 Å². The van der Waals surface area contributed by atoms with E-state index in [1.165, 1.54) is 10.4 Å². The van der Waals surface area contributed by atoms with Crippen LogP contribution < -0.4 is 4.90 Å². The number of fused-ring (bicyclic) bond motifs is 2. The van der Waals surface area contributed by atoms with Gasteiger partial charge < -0.3 is 0 Å². The molecule has 116 valence electrons. The van der Waals surface area contributed by atoms with Gasteiger partial charge in [-0.3, -0.25) is 9.69 Å². The van der Waals surface area contributed by atoms with Crippen molar-refractivity contribution in [3.8, 4) is 0 Å². The van der Waals surface area contributed by atoms with Crippen LogP contribution in [0.4, 0.5) is 5.82 Å². The third-order valence-corrected chi connectivity index (χ3v) is 6.80. The van der Waals surface area contributed by atoms with Gasteiger partial charge in [-0.15, -0.1) is 23.1 Å². The summed E-state index contributed by atoms with van der Waals surface area (Å²) in [5, 5.41) is 6.46. The summed E-state index contributed by atoms with van der Waals surface area (Å²) in [7, 11) is 0. The number of carbonyl (C=O) groups is 1. The number of carbonyl (C=O) groups excluding carboxylic acids is 1. The van der Waals surface area contributed by atoms with Gasteiger partial charge in [0, 0.05) is 17.0 Å². The molecule has 0 bridgehead atoms. The van der Waals surface area contributed by atoms with Crippen LogP contribution in [0.1, 0.15) is 42.0 Å². The van der Waals surface area contributed by atoms with Crippen molar-refractivity contribution >= 4 is 34.8 Å². The van der Waals surface area contributed by atoms with Crippen molar-refractivity contribution in [2.24, 2.45) is 0 Å². The molecule has 2 aromatic heterocycles. The number of nitrogens with zero attached hydrogens (tertiary/aromatic N) is 3. The van der Waals surface area contributed by atoms with Crippen molar-refractivity contribution in [2.45, 2.75) is 44.0 Å². The second-order valence-electron chi connectivity index (χ2n) is 6.08. The molecule has 0 aromatic carbocycles. The first-order valence-corrected chi connectivity index (χ1v) is 9.64. The highest BCUT2D eigenvalue weighted by Crippen LogP contribution is 2.43. The molecule has 0 unspecified atom stereocenters. The third kappa shape index (κ3) is 2.12. The quantitative estimate of drug-likeness (QED) is 0.799. The molecule has 6 heteroatoms. The van der Waals surface area contributed by atoms with Crippen LogP contribution in [0, 0.1) is 0 Å². The lowest BCUT2D eigenvalue weighted by atomic mass is 10.0. The molecule has 2 aliphatic rings. The van der Waals surface area contributed by atoms with Crippen LogP contribution in [-0.4, -0.2) is 27.5 Å². The summed E-state index contributed by atoms with van der Waals surface area (Å²) in [5.74, 6) is 2.19. The number of rotatable bonds is 1. The number of aryl methyl sites for hydroxylation is 1. The second-order valence-corrected chi connectivity index (χ2v) is 8.29. The van der Waals surface area contributed by atoms with E-state index in [1.807, 2.05) is 15.6 Å². The normalized spacial score (nSPS) is 27.4. The van der Waals surface area contributed by atoms with Crippen LogP contribution in [0.15, 0.2) is 23.7 Å². The molecule has 4 heterocycles. The number of thiophene rings is 1. The van der Waals surface area contributed by atoms with Crippen LogP contribution in [0.3, 0.4) is 0 Å². The summed E-state index contributed by atoms with van der Waals surface area (Å²) in [4.78, 5) is 16.6. The van der Waals surface area contributed by atoms with Gasteiger partial charge in [-0.05, 0) is 49.5 Å². The Morgan fingerprint density at radius 3 is 3.05 bits per heavy atom. The fourth-order valence-corrected chi connectivity index (χ4v) is 5.91. The van der Waals surface area contributed by atoms with E-state index in [-0.39, 0.29) is 17.2 Å². The molecule has 0 saturated heterocycles. The van der Waals surface area contributed by atoms with E-state index in [0.717, 1.165) is 24.4 Å². The van der Waals surface area contributed by atoms with Gasteiger partial charge in [0.1, 0.15) is 11.1 Å². The van der Waals surface area contributed by atoms with Crippen LogP contribution >= 0.6 is 23.1 Å². The summed E-state index contributed by atoms with van der Waals surface area (Å²) < 4.78 is 1.99. The zero-order chi connectivity index (χ0) is 15.3. The maximum Gasteiger partial charge on any atom is 0.246 e. The molecule has 0 saturated carbocycles. The fourth-order valence-electron chi connectivity index (χ4n) is 3.57. The Hall–Kier alpha value is -1.27. The third-order valence-electron chi connectivity index (χ3n) is 4.57. The average Bonchev–Trinajstić information content (AvgIpc) is 3.15. The molecule has 0 N–H and O–H groups in total. The average molecular weight is 333 g/mol. The Balaban J connectivity index is 1.71. The van der Waals surface area contributed by atoms with Crippen LogP contribution in [0.25, 0.3) is 0 Å². The molecule has 3 atom stereocenters. The number of hydrogen-bond acceptors (Lipinski definition) is 4. The lowest BCUT2D eigenvalue weighted by Crippen LogP contribution is -2.46. The van der Waals surface area contributed by atoms with Crippen molar-refractivity contribution in [3.05, 3.63) is 34.2 Å². The Labute approximate surface area is 138 Å². The van der Waals surface area contributed by atoms with E-state index >= 15 is 0 Å². The Morgan fingerprint density at radius 1 is 1.32 bits per heavy atom. The molecular formula is C16H19N3OS2. The number of amides is 1. The SMILES string of the molecule is C[C@@H]1C[C@@H](C)n2nccc2N1C(=O)[C@@H]1SCCc2sccc21. The molecule has 4 rings (SSSR count). The summed E-state index contributed by atoms with van der Waals surface area (Å²) >= 11 is 3.56. The molecule has 0 radical (unpaired) electrons. The first-order valence-electron chi connectivity index (χ1n) is 7.71. The number of aromatic nitrogens is 2. The first-order chi connectivity index (χ1) is 10.7. The van der Waals surface area contributed by atoms with Gasteiger partial charge in [-0.25, -0.2) is 4.68 Å². The van der Waals surface area contributed by atoms with E-state index in [9.17, 15) is 4.79 Å². The summed E-state index contributed by atoms with van der Waals surface area (Å²) in [6.45, 7) is 4.31. The first kappa shape index (κ1) is 14.3. The maximum absolute atomic E-state index is 13.3. The molecular weight excluding hydrogens is 314 g/mol. The van der Waals surface area contributed by atoms with E-state index in [0.29, 0.717) is 6.04 Å². The number of anilines is 1. The fraction of sp³-hybridized carbons (Fsp3) is 0.500. The van der Waals surface area contributed by atoms with Gasteiger partial charge in [0.2, 0.25) is 5.91 Å². The van der Waals surface area contributed by atoms with Crippen LogP contribution in [0.5, 0.6) is 0 Å². The van der Waals surface area contributed by atoms with E-state index in [1.54, 1.807) is 29.3 Å². The monoisotopic (exact) mass is 333 g/mol. The number of thioether (sulfide) groups is 1. The Bertz CT molecular complexity index is 708. The molecule has 4 nitrogen and oxygen atoms in total. The molecule has 22 heavy (non-hydrogen) atoms. The lowest BCUT2D eigenvalue weighted by Gasteiger charge is -2.39. The van der Waals surface area contributed by atoms with Gasteiger partial charge in [0.05, 0.1) is 12.2 Å². The zero-order valence-corrected chi connectivity index (χ0v) is 14.4. The maximum atomic E-state index is 13.3. The molecule has 0 fully saturated rings. The highest BCUT2D eigenvalue weighted by atomic mass is 32.2. The van der Waals surface area contributed by atoms with Gasteiger partial charge in [0.15, 0.2) is 0 Å². The summed E-state index contributed by atoms with van der Waals surface area (Å²) in [6.07, 6.45) is 3.84. The van der Waals surface area contributed by atoms with E-state index in [2.05, 4.69) is 30.4 Å². The van der Waals surface area contributed by atoms with Crippen molar-refractivity contribution < 1.29 is 4.79 Å². The van der Waals surface area contributed by atoms with Crippen LogP contribution in [-0.2, 0) is 11.2 Å². The predicted octanol–water partition coefficient (Wildman–Crippen LogP) is 3.66. The molecule has 2 aromatic rings. The summed E-state index contributed by atoms with van der Waals surface area (Å²) in [5.41, 5.74) is 1.23. The van der Waals surface area contributed by atoms with E-state index in [4.69, 9.17) is 0 Å². The van der Waals surface area contributed by atoms with Gasteiger partial charge in [-0.1, -0.05) is 0 Å². The highest BCUT2D eigenvalue weighted by Gasteiger charge is 2.38. The lowest BCUT2D eigenvalue weighted by molar-refractivity contribution is -0.119. The summed E-state index contributed by atoms with van der Waals surface area (Å²) in [6, 6.07) is 4.66. The largest absolute Gasteiger partial charge is 0.293 e. The van der Waals surface area contributed by atoms with Crippen molar-refractivity contribution in [2.75, 3.05) is 10.7 Å². The molecule has 1 amide bonds. The molecule has 2 aliphatic heterocycles. The minimum Gasteiger partial charge on any atom is -0.293 e. The van der Waals surface area contributed by atoms with Gasteiger partial charge >= 0.3 is 0 Å². The minimum atomic E-state index is -0.0609. The Kier molecular flexibility index (Phi) is 3.53. The molecule has 0 spiro atoms. The highest BCUT2D eigenvalue weighted by molar-refractivity contribution is 8.00. The van der Waals surface area contributed by atoms with E-state index < -0.39 is 0 Å². The second kappa shape index (κ2) is 5.42. The van der Waals surface area contributed by atoms with Gasteiger partial charge in [-0.2, -0.15) is 5.10 Å². The zero-order valence-electron chi connectivity index (χ0n) is 12.7.